The Labute approximate surface area is 128 Å². The number of carbonyl (C=O) groups is 2. The summed E-state index contributed by atoms with van der Waals surface area (Å²) >= 11 is 0. The number of ketones is 1. The molecule has 1 rings (SSSR count). The molecule has 0 aliphatic heterocycles. The van der Waals surface area contributed by atoms with Gasteiger partial charge in [-0.3, -0.25) is 19.7 Å². The summed E-state index contributed by atoms with van der Waals surface area (Å²) < 4.78 is 4.72. The number of ether oxygens (including phenoxy) is 1. The Kier molecular flexibility index (Phi) is 8.91. The maximum absolute atomic E-state index is 11.8. The molecular weight excluding hydrogens is 300 g/mol. The second-order valence-electron chi connectivity index (χ2n) is 3.96. The van der Waals surface area contributed by atoms with Crippen molar-refractivity contribution in [3.05, 3.63) is 39.9 Å². The van der Waals surface area contributed by atoms with Crippen molar-refractivity contribution >= 4 is 29.8 Å². The molecule has 7 nitrogen and oxygen atoms in total. The van der Waals surface area contributed by atoms with Crippen molar-refractivity contribution in [1.29, 1.82) is 0 Å². The molecule has 21 heavy (non-hydrogen) atoms. The van der Waals surface area contributed by atoms with Crippen LogP contribution < -0.4 is 5.32 Å². The lowest BCUT2D eigenvalue weighted by atomic mass is 10.1. The standard InChI is InChI=1S/C13H16N2O5.ClH/c1-2-20-13(17)9-14-8-7-12(16)10-3-5-11(6-4-10)15(18)19;/h3-6,14H,2,7-9H2,1H3;1H. The zero-order valence-corrected chi connectivity index (χ0v) is 12.4. The number of hydrogen-bond acceptors (Lipinski definition) is 6. The number of rotatable bonds is 8. The van der Waals surface area contributed by atoms with Crippen molar-refractivity contribution in [1.82, 2.24) is 5.32 Å². The quantitative estimate of drug-likeness (QED) is 0.258. The lowest BCUT2D eigenvalue weighted by molar-refractivity contribution is -0.384. The van der Waals surface area contributed by atoms with E-state index in [4.69, 9.17) is 4.74 Å². The highest BCUT2D eigenvalue weighted by Crippen LogP contribution is 2.12. The van der Waals surface area contributed by atoms with Crippen LogP contribution in [-0.4, -0.2) is 36.4 Å². The highest BCUT2D eigenvalue weighted by Gasteiger charge is 2.09. The average Bonchev–Trinajstić information content (AvgIpc) is 2.43. The minimum Gasteiger partial charge on any atom is -0.465 e. The molecule has 0 aromatic heterocycles. The molecule has 0 aliphatic carbocycles. The number of nitrogens with one attached hydrogen (secondary N) is 1. The topological polar surface area (TPSA) is 98.5 Å². The Hall–Kier alpha value is -1.99. The van der Waals surface area contributed by atoms with E-state index in [1.807, 2.05) is 0 Å². The van der Waals surface area contributed by atoms with Gasteiger partial charge in [-0.2, -0.15) is 0 Å². The number of benzene rings is 1. The number of halogens is 1. The first-order valence-corrected chi connectivity index (χ1v) is 6.18. The van der Waals surface area contributed by atoms with E-state index in [2.05, 4.69) is 5.32 Å². The van der Waals surface area contributed by atoms with E-state index < -0.39 is 4.92 Å². The summed E-state index contributed by atoms with van der Waals surface area (Å²) in [6, 6.07) is 5.43. The van der Waals surface area contributed by atoms with Crippen LogP contribution in [0.15, 0.2) is 24.3 Å². The van der Waals surface area contributed by atoms with Gasteiger partial charge in [-0.1, -0.05) is 0 Å². The molecule has 0 spiro atoms. The highest BCUT2D eigenvalue weighted by atomic mass is 35.5. The molecule has 0 radical (unpaired) electrons. The minimum atomic E-state index is -0.519. The fourth-order valence-corrected chi connectivity index (χ4v) is 1.52. The molecular formula is C13H17ClN2O5. The van der Waals surface area contributed by atoms with Crippen LogP contribution in [0.25, 0.3) is 0 Å². The summed E-state index contributed by atoms with van der Waals surface area (Å²) in [4.78, 5) is 32.8. The molecule has 8 heteroatoms. The Morgan fingerprint density at radius 3 is 2.43 bits per heavy atom. The molecule has 116 valence electrons. The van der Waals surface area contributed by atoms with Gasteiger partial charge in [0, 0.05) is 30.7 Å². The monoisotopic (exact) mass is 316 g/mol. The van der Waals surface area contributed by atoms with Gasteiger partial charge in [0.1, 0.15) is 0 Å². The van der Waals surface area contributed by atoms with E-state index in [0.29, 0.717) is 18.7 Å². The number of carbonyl (C=O) groups excluding carboxylic acids is 2. The maximum atomic E-state index is 11.8. The third kappa shape index (κ3) is 6.82. The molecule has 0 aliphatic rings. The number of nitro benzene ring substituents is 1. The van der Waals surface area contributed by atoms with Gasteiger partial charge >= 0.3 is 5.97 Å². The number of Topliss-reactive ketones (excluding diaryl/α,β-unsaturated/α-hetero) is 1. The molecule has 0 atom stereocenters. The molecule has 0 heterocycles. The van der Waals surface area contributed by atoms with E-state index in [0.717, 1.165) is 0 Å². The lowest BCUT2D eigenvalue weighted by Gasteiger charge is -2.04. The second kappa shape index (κ2) is 9.84. The molecule has 0 bridgehead atoms. The Bertz CT molecular complexity index is 490. The SMILES string of the molecule is CCOC(=O)CNCCC(=O)c1ccc([N+](=O)[O-])cc1.Cl. The van der Waals surface area contributed by atoms with Gasteiger partial charge in [-0.15, -0.1) is 12.4 Å². The predicted octanol–water partition coefficient (Wildman–Crippen LogP) is 1.74. The van der Waals surface area contributed by atoms with Crippen molar-refractivity contribution in [2.75, 3.05) is 19.7 Å². The van der Waals surface area contributed by atoms with Crippen LogP contribution >= 0.6 is 12.4 Å². The molecule has 1 aromatic carbocycles. The van der Waals surface area contributed by atoms with Crippen LogP contribution in [0.5, 0.6) is 0 Å². The van der Waals surface area contributed by atoms with Gasteiger partial charge < -0.3 is 10.1 Å². The van der Waals surface area contributed by atoms with E-state index in [-0.39, 0.29) is 42.8 Å². The van der Waals surface area contributed by atoms with Gasteiger partial charge in [0.25, 0.3) is 5.69 Å². The van der Waals surface area contributed by atoms with Gasteiger partial charge in [-0.25, -0.2) is 0 Å². The second-order valence-corrected chi connectivity index (χ2v) is 3.96. The van der Waals surface area contributed by atoms with Crippen molar-refractivity contribution in [3.63, 3.8) is 0 Å². The van der Waals surface area contributed by atoms with Crippen molar-refractivity contribution < 1.29 is 19.2 Å². The molecule has 0 fully saturated rings. The van der Waals surface area contributed by atoms with Gasteiger partial charge in [0.2, 0.25) is 0 Å². The summed E-state index contributed by atoms with van der Waals surface area (Å²) in [6.07, 6.45) is 0.206. The van der Waals surface area contributed by atoms with Crippen LogP contribution in [0.1, 0.15) is 23.7 Å². The summed E-state index contributed by atoms with van der Waals surface area (Å²) in [5.74, 6) is -0.508. The zero-order chi connectivity index (χ0) is 15.0. The normalized spacial score (nSPS) is 9.57. The fraction of sp³-hybridized carbons (Fsp3) is 0.385. The van der Waals surface area contributed by atoms with Crippen LogP contribution in [0.3, 0.4) is 0 Å². The third-order valence-electron chi connectivity index (χ3n) is 2.50. The zero-order valence-electron chi connectivity index (χ0n) is 11.5. The summed E-state index contributed by atoms with van der Waals surface area (Å²) in [5.41, 5.74) is 0.357. The number of nitro groups is 1. The molecule has 1 aromatic rings. The fourth-order valence-electron chi connectivity index (χ4n) is 1.52. The van der Waals surface area contributed by atoms with Crippen molar-refractivity contribution in [3.8, 4) is 0 Å². The molecule has 1 N–H and O–H groups in total. The smallest absolute Gasteiger partial charge is 0.319 e. The maximum Gasteiger partial charge on any atom is 0.319 e. The number of non-ortho nitro benzene ring substituents is 1. The van der Waals surface area contributed by atoms with Crippen LogP contribution in [0.4, 0.5) is 5.69 Å². The van der Waals surface area contributed by atoms with Gasteiger partial charge in [0.15, 0.2) is 5.78 Å². The van der Waals surface area contributed by atoms with Gasteiger partial charge in [0.05, 0.1) is 18.1 Å². The molecule has 0 unspecified atom stereocenters. The molecule has 0 saturated heterocycles. The first-order valence-electron chi connectivity index (χ1n) is 6.18. The summed E-state index contributed by atoms with van der Waals surface area (Å²) in [5, 5.41) is 13.3. The molecule has 0 saturated carbocycles. The molecule has 0 amide bonds. The Morgan fingerprint density at radius 1 is 1.29 bits per heavy atom. The first-order chi connectivity index (χ1) is 9.54. The summed E-state index contributed by atoms with van der Waals surface area (Å²) in [7, 11) is 0. The Morgan fingerprint density at radius 2 is 1.90 bits per heavy atom. The predicted molar refractivity (Wildman–Crippen MR) is 78.8 cm³/mol. The number of nitrogens with zero attached hydrogens (tertiary/aromatic N) is 1. The van der Waals surface area contributed by atoms with Crippen molar-refractivity contribution in [2.24, 2.45) is 0 Å². The van der Waals surface area contributed by atoms with Crippen LogP contribution in [-0.2, 0) is 9.53 Å². The first kappa shape index (κ1) is 19.0. The van der Waals surface area contributed by atoms with Crippen molar-refractivity contribution in [2.45, 2.75) is 13.3 Å². The van der Waals surface area contributed by atoms with E-state index >= 15 is 0 Å². The van der Waals surface area contributed by atoms with Gasteiger partial charge in [-0.05, 0) is 19.1 Å². The van der Waals surface area contributed by atoms with E-state index in [1.165, 1.54) is 24.3 Å². The van der Waals surface area contributed by atoms with E-state index in [1.54, 1.807) is 6.92 Å². The third-order valence-corrected chi connectivity index (χ3v) is 2.50. The largest absolute Gasteiger partial charge is 0.465 e. The van der Waals surface area contributed by atoms with E-state index in [9.17, 15) is 19.7 Å². The van der Waals surface area contributed by atoms with Crippen LogP contribution in [0, 0.1) is 10.1 Å². The highest BCUT2D eigenvalue weighted by molar-refractivity contribution is 5.96. The summed E-state index contributed by atoms with van der Waals surface area (Å²) in [6.45, 7) is 2.44. The minimum absolute atomic E-state index is 0. The number of hydrogen-bond donors (Lipinski definition) is 1. The lowest BCUT2D eigenvalue weighted by Crippen LogP contribution is -2.26. The average molecular weight is 317 g/mol. The Balaban J connectivity index is 0.00000400. The van der Waals surface area contributed by atoms with Crippen LogP contribution in [0.2, 0.25) is 0 Å². The number of esters is 1.